The average molecular weight is 276 g/mol. The third-order valence-electron chi connectivity index (χ3n) is 4.15. The van der Waals surface area contributed by atoms with Gasteiger partial charge in [-0.2, -0.15) is 0 Å². The van der Waals surface area contributed by atoms with E-state index in [1.807, 2.05) is 24.4 Å². The predicted octanol–water partition coefficient (Wildman–Crippen LogP) is 4.09. The molecule has 0 aliphatic carbocycles. The molecule has 2 heteroatoms. The average Bonchev–Trinajstić information content (AvgIpc) is 2.50. The van der Waals surface area contributed by atoms with Crippen LogP contribution in [0.3, 0.4) is 0 Å². The van der Waals surface area contributed by atoms with Crippen LogP contribution in [0.2, 0.25) is 0 Å². The van der Waals surface area contributed by atoms with E-state index in [1.54, 1.807) is 0 Å². The van der Waals surface area contributed by atoms with E-state index >= 15 is 0 Å². The molecule has 1 unspecified atom stereocenters. The van der Waals surface area contributed by atoms with Crippen molar-refractivity contribution in [1.82, 2.24) is 4.98 Å². The van der Waals surface area contributed by atoms with Gasteiger partial charge in [0.25, 0.3) is 0 Å². The Labute approximate surface area is 125 Å². The Morgan fingerprint density at radius 3 is 2.43 bits per heavy atom. The maximum atomic E-state index is 6.50. The molecule has 2 nitrogen and oxygen atoms in total. The van der Waals surface area contributed by atoms with Crippen molar-refractivity contribution in [2.75, 3.05) is 0 Å². The van der Waals surface area contributed by atoms with E-state index in [0.717, 1.165) is 17.3 Å². The van der Waals surface area contributed by atoms with Crippen LogP contribution in [-0.2, 0) is 6.42 Å². The van der Waals surface area contributed by atoms with E-state index in [4.69, 9.17) is 5.73 Å². The molecule has 0 saturated carbocycles. The molecule has 0 bridgehead atoms. The van der Waals surface area contributed by atoms with Gasteiger partial charge in [0, 0.05) is 17.6 Å². The molecule has 3 rings (SSSR count). The first-order valence-corrected chi connectivity index (χ1v) is 7.31. The molecule has 1 aromatic heterocycles. The normalized spacial score (nSPS) is 12.5. The lowest BCUT2D eigenvalue weighted by Gasteiger charge is -2.17. The minimum Gasteiger partial charge on any atom is -0.324 e. The van der Waals surface area contributed by atoms with Crippen LogP contribution in [0.1, 0.15) is 28.3 Å². The molecular formula is C19H20N2. The maximum Gasteiger partial charge on any atom is 0.0705 e. The summed E-state index contributed by atoms with van der Waals surface area (Å²) in [5.41, 5.74) is 12.7. The second-order valence-corrected chi connectivity index (χ2v) is 5.60. The van der Waals surface area contributed by atoms with E-state index in [2.05, 4.69) is 49.2 Å². The number of fused-ring (bicyclic) bond motifs is 1. The molecule has 0 aliphatic heterocycles. The molecule has 1 heterocycles. The second kappa shape index (κ2) is 5.66. The van der Waals surface area contributed by atoms with Gasteiger partial charge in [-0.15, -0.1) is 0 Å². The zero-order valence-corrected chi connectivity index (χ0v) is 12.5. The van der Waals surface area contributed by atoms with Gasteiger partial charge < -0.3 is 5.73 Å². The van der Waals surface area contributed by atoms with Gasteiger partial charge in [0.2, 0.25) is 0 Å². The largest absolute Gasteiger partial charge is 0.324 e. The Bertz CT molecular complexity index is 752. The van der Waals surface area contributed by atoms with Crippen molar-refractivity contribution in [3.8, 4) is 0 Å². The highest BCUT2D eigenvalue weighted by Gasteiger charge is 2.13. The zero-order valence-electron chi connectivity index (χ0n) is 12.5. The standard InChI is InChI=1S/C19H20N2/c1-13-6-3-7-14(2)17(13)12-18(20)15-8-4-10-19-16(15)9-5-11-21-19/h3-11,18H,12,20H2,1-2H3. The van der Waals surface area contributed by atoms with Crippen LogP contribution in [0.4, 0.5) is 0 Å². The van der Waals surface area contributed by atoms with Crippen LogP contribution >= 0.6 is 0 Å². The van der Waals surface area contributed by atoms with Crippen LogP contribution in [0.15, 0.2) is 54.7 Å². The summed E-state index contributed by atoms with van der Waals surface area (Å²) in [5, 5.41) is 1.15. The highest BCUT2D eigenvalue weighted by atomic mass is 14.7. The summed E-state index contributed by atoms with van der Waals surface area (Å²) in [6, 6.07) is 16.6. The number of benzene rings is 2. The first-order chi connectivity index (χ1) is 10.2. The van der Waals surface area contributed by atoms with E-state index in [-0.39, 0.29) is 6.04 Å². The van der Waals surface area contributed by atoms with Crippen molar-refractivity contribution in [2.45, 2.75) is 26.3 Å². The first-order valence-electron chi connectivity index (χ1n) is 7.31. The summed E-state index contributed by atoms with van der Waals surface area (Å²) in [4.78, 5) is 4.41. The molecule has 1 atom stereocenters. The summed E-state index contributed by atoms with van der Waals surface area (Å²) in [6.07, 6.45) is 2.68. The van der Waals surface area contributed by atoms with E-state index < -0.39 is 0 Å². The number of aromatic nitrogens is 1. The topological polar surface area (TPSA) is 38.9 Å². The molecule has 2 aromatic carbocycles. The molecular weight excluding hydrogens is 256 g/mol. The molecule has 0 fully saturated rings. The lowest BCUT2D eigenvalue weighted by Crippen LogP contribution is -2.15. The number of hydrogen-bond acceptors (Lipinski definition) is 2. The zero-order chi connectivity index (χ0) is 14.8. The molecule has 0 aliphatic rings. The Kier molecular flexibility index (Phi) is 3.72. The molecule has 2 N–H and O–H groups in total. The van der Waals surface area contributed by atoms with Crippen LogP contribution < -0.4 is 5.73 Å². The van der Waals surface area contributed by atoms with E-state index in [1.165, 1.54) is 22.3 Å². The molecule has 3 aromatic rings. The minimum atomic E-state index is -0.0160. The predicted molar refractivity (Wildman–Crippen MR) is 88.3 cm³/mol. The molecule has 0 spiro atoms. The highest BCUT2D eigenvalue weighted by Crippen LogP contribution is 2.26. The number of aryl methyl sites for hydroxylation is 2. The quantitative estimate of drug-likeness (QED) is 0.782. The lowest BCUT2D eigenvalue weighted by atomic mass is 9.92. The summed E-state index contributed by atoms with van der Waals surface area (Å²) >= 11 is 0. The monoisotopic (exact) mass is 276 g/mol. The fourth-order valence-electron chi connectivity index (χ4n) is 2.95. The van der Waals surface area contributed by atoms with Gasteiger partial charge in [0.05, 0.1) is 5.52 Å². The SMILES string of the molecule is Cc1cccc(C)c1CC(N)c1cccc2ncccc12. The molecule has 0 radical (unpaired) electrons. The van der Waals surface area contributed by atoms with Crippen molar-refractivity contribution in [2.24, 2.45) is 5.73 Å². The van der Waals surface area contributed by atoms with Crippen LogP contribution in [-0.4, -0.2) is 4.98 Å². The number of nitrogens with two attached hydrogens (primary N) is 1. The van der Waals surface area contributed by atoms with Crippen molar-refractivity contribution in [3.63, 3.8) is 0 Å². The Morgan fingerprint density at radius 1 is 0.952 bits per heavy atom. The highest BCUT2D eigenvalue weighted by molar-refractivity contribution is 5.82. The third-order valence-corrected chi connectivity index (χ3v) is 4.15. The summed E-state index contributed by atoms with van der Waals surface area (Å²) < 4.78 is 0. The van der Waals surface area contributed by atoms with Crippen molar-refractivity contribution >= 4 is 10.9 Å². The van der Waals surface area contributed by atoms with Gasteiger partial charge in [-0.25, -0.2) is 0 Å². The van der Waals surface area contributed by atoms with Gasteiger partial charge in [-0.1, -0.05) is 36.4 Å². The maximum absolute atomic E-state index is 6.50. The van der Waals surface area contributed by atoms with Gasteiger partial charge in [0.1, 0.15) is 0 Å². The van der Waals surface area contributed by atoms with E-state index in [0.29, 0.717) is 0 Å². The smallest absolute Gasteiger partial charge is 0.0705 e. The molecule has 106 valence electrons. The number of pyridine rings is 1. The Morgan fingerprint density at radius 2 is 1.67 bits per heavy atom. The van der Waals surface area contributed by atoms with E-state index in [9.17, 15) is 0 Å². The third kappa shape index (κ3) is 2.67. The van der Waals surface area contributed by atoms with Crippen molar-refractivity contribution < 1.29 is 0 Å². The van der Waals surface area contributed by atoms with Gasteiger partial charge in [0.15, 0.2) is 0 Å². The van der Waals surface area contributed by atoms with Crippen LogP contribution in [0.25, 0.3) is 10.9 Å². The number of rotatable bonds is 3. The van der Waals surface area contributed by atoms with Gasteiger partial charge in [-0.05, 0) is 54.7 Å². The summed E-state index contributed by atoms with van der Waals surface area (Å²) in [7, 11) is 0. The lowest BCUT2D eigenvalue weighted by molar-refractivity contribution is 0.721. The Balaban J connectivity index is 2.00. The second-order valence-electron chi connectivity index (χ2n) is 5.60. The van der Waals surface area contributed by atoms with Crippen LogP contribution in [0, 0.1) is 13.8 Å². The summed E-state index contributed by atoms with van der Waals surface area (Å²) in [5.74, 6) is 0. The summed E-state index contributed by atoms with van der Waals surface area (Å²) in [6.45, 7) is 4.30. The van der Waals surface area contributed by atoms with Gasteiger partial charge >= 0.3 is 0 Å². The van der Waals surface area contributed by atoms with Crippen molar-refractivity contribution in [3.05, 3.63) is 77.0 Å². The number of nitrogens with zero attached hydrogens (tertiary/aromatic N) is 1. The fraction of sp³-hybridized carbons (Fsp3) is 0.211. The molecule has 0 amide bonds. The fourth-order valence-corrected chi connectivity index (χ4v) is 2.95. The molecule has 21 heavy (non-hydrogen) atoms. The minimum absolute atomic E-state index is 0.0160. The van der Waals surface area contributed by atoms with Gasteiger partial charge in [-0.3, -0.25) is 4.98 Å². The first kappa shape index (κ1) is 13.8. The Hall–Kier alpha value is -2.19. The van der Waals surface area contributed by atoms with Crippen LogP contribution in [0.5, 0.6) is 0 Å². The molecule has 0 saturated heterocycles. The number of hydrogen-bond donors (Lipinski definition) is 1. The van der Waals surface area contributed by atoms with Crippen molar-refractivity contribution in [1.29, 1.82) is 0 Å².